The van der Waals surface area contributed by atoms with E-state index in [9.17, 15) is 4.79 Å². The summed E-state index contributed by atoms with van der Waals surface area (Å²) in [5.41, 5.74) is 0.954. The normalized spacial score (nSPS) is 16.3. The standard InChI is InChI=1S/C17H21BrN4OS2/c1-12(15(23)22-9-4-2-3-5-10-22)24-17-21-20-16(25-17)19-14-8-6-7-13(18)11-14/h6-8,11-12H,2-5,9-10H2,1H3,(H,19,20). The highest BCUT2D eigenvalue weighted by molar-refractivity contribution is 9.10. The van der Waals surface area contributed by atoms with Gasteiger partial charge in [0.1, 0.15) is 0 Å². The fourth-order valence-electron chi connectivity index (χ4n) is 2.75. The Balaban J connectivity index is 1.57. The first-order chi connectivity index (χ1) is 12.1. The highest BCUT2D eigenvalue weighted by Crippen LogP contribution is 2.31. The Morgan fingerprint density at radius 2 is 2.04 bits per heavy atom. The first-order valence-corrected chi connectivity index (χ1v) is 10.9. The molecular weight excluding hydrogens is 420 g/mol. The Kier molecular flexibility index (Phi) is 6.72. The molecule has 2 heterocycles. The van der Waals surface area contributed by atoms with Crippen LogP contribution in [-0.4, -0.2) is 39.3 Å². The number of rotatable bonds is 5. The molecule has 1 saturated heterocycles. The van der Waals surface area contributed by atoms with Gasteiger partial charge in [0.05, 0.1) is 5.25 Å². The maximum Gasteiger partial charge on any atom is 0.235 e. The van der Waals surface area contributed by atoms with E-state index in [0.717, 1.165) is 45.6 Å². The molecule has 0 radical (unpaired) electrons. The minimum Gasteiger partial charge on any atom is -0.342 e. The van der Waals surface area contributed by atoms with Gasteiger partial charge in [0, 0.05) is 23.2 Å². The van der Waals surface area contributed by atoms with Crippen molar-refractivity contribution in [2.75, 3.05) is 18.4 Å². The number of carbonyl (C=O) groups excluding carboxylic acids is 1. The summed E-state index contributed by atoms with van der Waals surface area (Å²) in [6, 6.07) is 7.90. The predicted molar refractivity (Wildman–Crippen MR) is 108 cm³/mol. The van der Waals surface area contributed by atoms with E-state index in [4.69, 9.17) is 0 Å². The minimum absolute atomic E-state index is 0.134. The van der Waals surface area contributed by atoms with Crippen LogP contribution in [0.25, 0.3) is 0 Å². The molecule has 1 aromatic carbocycles. The number of hydrogen-bond donors (Lipinski definition) is 1. The van der Waals surface area contributed by atoms with Gasteiger partial charge in [-0.1, -0.05) is 57.9 Å². The zero-order chi connectivity index (χ0) is 17.6. The minimum atomic E-state index is -0.134. The number of aromatic nitrogens is 2. The van der Waals surface area contributed by atoms with Crippen molar-refractivity contribution in [3.63, 3.8) is 0 Å². The van der Waals surface area contributed by atoms with Gasteiger partial charge < -0.3 is 10.2 Å². The first kappa shape index (κ1) is 18.7. The number of likely N-dealkylation sites (tertiary alicyclic amines) is 1. The number of nitrogens with zero attached hydrogens (tertiary/aromatic N) is 3. The molecule has 1 atom stereocenters. The third-order valence-electron chi connectivity index (χ3n) is 4.03. The van der Waals surface area contributed by atoms with Crippen LogP contribution < -0.4 is 5.32 Å². The van der Waals surface area contributed by atoms with Crippen LogP contribution in [0.2, 0.25) is 0 Å². The molecule has 0 saturated carbocycles. The van der Waals surface area contributed by atoms with E-state index in [-0.39, 0.29) is 11.2 Å². The highest BCUT2D eigenvalue weighted by Gasteiger charge is 2.23. The second kappa shape index (κ2) is 9.00. The van der Waals surface area contributed by atoms with Gasteiger partial charge in [-0.25, -0.2) is 0 Å². The zero-order valence-corrected chi connectivity index (χ0v) is 17.3. The van der Waals surface area contributed by atoms with Gasteiger partial charge in [-0.05, 0) is 38.0 Å². The van der Waals surface area contributed by atoms with Crippen molar-refractivity contribution < 1.29 is 4.79 Å². The molecule has 5 nitrogen and oxygen atoms in total. The van der Waals surface area contributed by atoms with E-state index in [0.29, 0.717) is 0 Å². The molecule has 1 amide bonds. The van der Waals surface area contributed by atoms with Gasteiger partial charge in [0.2, 0.25) is 11.0 Å². The van der Waals surface area contributed by atoms with Crippen LogP contribution >= 0.6 is 39.0 Å². The molecule has 1 aromatic heterocycles. The number of benzene rings is 1. The van der Waals surface area contributed by atoms with Crippen LogP contribution in [-0.2, 0) is 4.79 Å². The van der Waals surface area contributed by atoms with Crippen LogP contribution in [0.3, 0.4) is 0 Å². The Hall–Kier alpha value is -1.12. The van der Waals surface area contributed by atoms with E-state index in [1.54, 1.807) is 0 Å². The summed E-state index contributed by atoms with van der Waals surface area (Å²) in [5.74, 6) is 0.212. The molecule has 25 heavy (non-hydrogen) atoms. The largest absolute Gasteiger partial charge is 0.342 e. The van der Waals surface area contributed by atoms with Crippen molar-refractivity contribution in [1.82, 2.24) is 15.1 Å². The van der Waals surface area contributed by atoms with E-state index < -0.39 is 0 Å². The lowest BCUT2D eigenvalue weighted by molar-refractivity contribution is -0.130. The Bertz CT molecular complexity index is 716. The quantitative estimate of drug-likeness (QED) is 0.667. The van der Waals surface area contributed by atoms with E-state index in [1.165, 1.54) is 35.9 Å². The number of thioether (sulfide) groups is 1. The average Bonchev–Trinajstić information content (AvgIpc) is 2.85. The summed E-state index contributed by atoms with van der Waals surface area (Å²) < 4.78 is 1.82. The third-order valence-corrected chi connectivity index (χ3v) is 6.53. The Morgan fingerprint density at radius 1 is 1.28 bits per heavy atom. The number of halogens is 1. The van der Waals surface area contributed by atoms with Gasteiger partial charge in [-0.15, -0.1) is 10.2 Å². The van der Waals surface area contributed by atoms with E-state index >= 15 is 0 Å². The molecule has 0 bridgehead atoms. The molecule has 3 rings (SSSR count). The first-order valence-electron chi connectivity index (χ1n) is 8.43. The molecule has 0 aliphatic carbocycles. The Labute approximate surface area is 164 Å². The van der Waals surface area contributed by atoms with Gasteiger partial charge in [0.15, 0.2) is 4.34 Å². The monoisotopic (exact) mass is 440 g/mol. The topological polar surface area (TPSA) is 58.1 Å². The van der Waals surface area contributed by atoms with Crippen LogP contribution in [0.5, 0.6) is 0 Å². The van der Waals surface area contributed by atoms with Crippen molar-refractivity contribution in [2.24, 2.45) is 0 Å². The Morgan fingerprint density at radius 3 is 2.76 bits per heavy atom. The molecular formula is C17H21BrN4OS2. The van der Waals surface area contributed by atoms with Crippen molar-refractivity contribution in [1.29, 1.82) is 0 Å². The van der Waals surface area contributed by atoms with Crippen LogP contribution in [0, 0.1) is 0 Å². The lowest BCUT2D eigenvalue weighted by atomic mass is 10.2. The van der Waals surface area contributed by atoms with Crippen LogP contribution in [0.4, 0.5) is 10.8 Å². The van der Waals surface area contributed by atoms with Crippen LogP contribution in [0.1, 0.15) is 32.6 Å². The van der Waals surface area contributed by atoms with Gasteiger partial charge in [-0.3, -0.25) is 4.79 Å². The predicted octanol–water partition coefficient (Wildman–Crippen LogP) is 4.93. The summed E-state index contributed by atoms with van der Waals surface area (Å²) in [7, 11) is 0. The molecule has 134 valence electrons. The van der Waals surface area contributed by atoms with Crippen molar-refractivity contribution in [3.8, 4) is 0 Å². The van der Waals surface area contributed by atoms with Gasteiger partial charge in [0.25, 0.3) is 0 Å². The molecule has 1 N–H and O–H groups in total. The molecule has 8 heteroatoms. The average molecular weight is 441 g/mol. The number of carbonyl (C=O) groups is 1. The van der Waals surface area contributed by atoms with Gasteiger partial charge >= 0.3 is 0 Å². The highest BCUT2D eigenvalue weighted by atomic mass is 79.9. The van der Waals surface area contributed by atoms with Crippen LogP contribution in [0.15, 0.2) is 33.1 Å². The van der Waals surface area contributed by atoms with Crippen molar-refractivity contribution in [2.45, 2.75) is 42.2 Å². The molecule has 1 fully saturated rings. The SMILES string of the molecule is CC(Sc1nnc(Nc2cccc(Br)c2)s1)C(=O)N1CCCCCC1. The number of anilines is 2. The lowest BCUT2D eigenvalue weighted by Crippen LogP contribution is -2.37. The van der Waals surface area contributed by atoms with E-state index in [1.807, 2.05) is 36.1 Å². The third kappa shape index (κ3) is 5.43. The summed E-state index contributed by atoms with van der Waals surface area (Å²) >= 11 is 6.42. The number of hydrogen-bond acceptors (Lipinski definition) is 6. The molecule has 0 spiro atoms. The number of amides is 1. The summed E-state index contributed by atoms with van der Waals surface area (Å²) in [6.45, 7) is 3.73. The summed E-state index contributed by atoms with van der Waals surface area (Å²) in [6.07, 6.45) is 4.68. The zero-order valence-electron chi connectivity index (χ0n) is 14.1. The second-order valence-electron chi connectivity index (χ2n) is 6.01. The second-order valence-corrected chi connectivity index (χ2v) is 9.49. The number of nitrogens with one attached hydrogen (secondary N) is 1. The summed E-state index contributed by atoms with van der Waals surface area (Å²) in [5, 5.41) is 12.2. The smallest absolute Gasteiger partial charge is 0.235 e. The maximum atomic E-state index is 12.6. The fourth-order valence-corrected chi connectivity index (χ4v) is 5.15. The summed E-state index contributed by atoms with van der Waals surface area (Å²) in [4.78, 5) is 14.6. The lowest BCUT2D eigenvalue weighted by Gasteiger charge is -2.23. The van der Waals surface area contributed by atoms with Crippen molar-refractivity contribution >= 4 is 55.8 Å². The molecule has 1 unspecified atom stereocenters. The molecule has 2 aromatic rings. The van der Waals surface area contributed by atoms with Crippen molar-refractivity contribution in [3.05, 3.63) is 28.7 Å². The fraction of sp³-hybridized carbons (Fsp3) is 0.471. The van der Waals surface area contributed by atoms with E-state index in [2.05, 4.69) is 31.4 Å². The maximum absolute atomic E-state index is 12.6. The molecule has 1 aliphatic heterocycles. The molecule has 1 aliphatic rings. The van der Waals surface area contributed by atoms with Gasteiger partial charge in [-0.2, -0.15) is 0 Å².